The molecule has 8 heteroatoms. The predicted molar refractivity (Wildman–Crippen MR) is 124 cm³/mol. The topological polar surface area (TPSA) is 76.7 Å². The molecule has 0 bridgehead atoms. The summed E-state index contributed by atoms with van der Waals surface area (Å²) >= 11 is 6.71. The van der Waals surface area contributed by atoms with Gasteiger partial charge in [0.15, 0.2) is 6.61 Å². The minimum Gasteiger partial charge on any atom is -0.494 e. The molecule has 162 valence electrons. The Balaban J connectivity index is 1.69. The van der Waals surface area contributed by atoms with Gasteiger partial charge >= 0.3 is 0 Å². The average Bonchev–Trinajstić information content (AvgIpc) is 2.74. The second-order valence-corrected chi connectivity index (χ2v) is 8.42. The first-order valence-electron chi connectivity index (χ1n) is 9.89. The normalized spacial score (nSPS) is 10.4. The lowest BCUT2D eigenvalue weighted by atomic mass is 10.2. The highest BCUT2D eigenvalue weighted by Gasteiger charge is 2.09. The first-order chi connectivity index (χ1) is 14.5. The second kappa shape index (κ2) is 13.3. The number of hydrazine groups is 1. The number of carbonyl (C=O) groups is 2. The zero-order valence-electron chi connectivity index (χ0n) is 16.9. The molecule has 6 nitrogen and oxygen atoms in total. The highest BCUT2D eigenvalue weighted by atomic mass is 79.9. The molecule has 2 N–H and O–H groups in total. The van der Waals surface area contributed by atoms with E-state index in [1.165, 1.54) is 19.3 Å². The van der Waals surface area contributed by atoms with E-state index < -0.39 is 11.8 Å². The van der Waals surface area contributed by atoms with Gasteiger partial charge in [0, 0.05) is 10.0 Å². The Morgan fingerprint density at radius 1 is 0.900 bits per heavy atom. The van der Waals surface area contributed by atoms with Crippen LogP contribution in [-0.4, -0.2) is 25.0 Å². The number of hydrogen-bond acceptors (Lipinski definition) is 4. The van der Waals surface area contributed by atoms with Crippen LogP contribution in [0.5, 0.6) is 11.5 Å². The number of rotatable bonds is 11. The fourth-order valence-electron chi connectivity index (χ4n) is 2.57. The van der Waals surface area contributed by atoms with Gasteiger partial charge in [0.1, 0.15) is 11.5 Å². The van der Waals surface area contributed by atoms with Crippen LogP contribution in [-0.2, 0) is 4.79 Å². The van der Waals surface area contributed by atoms with E-state index in [1.54, 1.807) is 36.4 Å². The average molecular weight is 542 g/mol. The molecule has 0 aliphatic carbocycles. The molecular weight excluding hydrogens is 516 g/mol. The molecule has 0 saturated carbocycles. The van der Waals surface area contributed by atoms with Gasteiger partial charge in [-0.25, -0.2) is 0 Å². The molecule has 0 aromatic heterocycles. The van der Waals surface area contributed by atoms with Gasteiger partial charge in [0.05, 0.1) is 11.1 Å². The predicted octanol–water partition coefficient (Wildman–Crippen LogP) is 5.40. The summed E-state index contributed by atoms with van der Waals surface area (Å²) in [5.41, 5.74) is 5.13. The third-order valence-corrected chi connectivity index (χ3v) is 5.31. The maximum Gasteiger partial charge on any atom is 0.276 e. The van der Waals surface area contributed by atoms with E-state index in [2.05, 4.69) is 49.6 Å². The van der Waals surface area contributed by atoms with Crippen molar-refractivity contribution in [3.05, 3.63) is 57.0 Å². The number of nitrogens with one attached hydrogen (secondary N) is 2. The van der Waals surface area contributed by atoms with Gasteiger partial charge in [0.2, 0.25) is 0 Å². The van der Waals surface area contributed by atoms with Gasteiger partial charge in [-0.1, -0.05) is 48.5 Å². The fourth-order valence-corrected chi connectivity index (χ4v) is 3.73. The van der Waals surface area contributed by atoms with E-state index in [9.17, 15) is 9.59 Å². The smallest absolute Gasteiger partial charge is 0.276 e. The Kier molecular flexibility index (Phi) is 10.7. The Hall–Kier alpha value is -2.06. The molecule has 2 rings (SSSR count). The molecule has 0 spiro atoms. The van der Waals surface area contributed by atoms with Crippen molar-refractivity contribution in [3.63, 3.8) is 0 Å². The molecule has 30 heavy (non-hydrogen) atoms. The number of carbonyl (C=O) groups excluding carboxylic acids is 2. The lowest BCUT2D eigenvalue weighted by molar-refractivity contribution is -0.123. The molecular formula is C22H26Br2N2O4. The minimum atomic E-state index is -0.471. The molecule has 2 aromatic rings. The van der Waals surface area contributed by atoms with E-state index in [0.717, 1.165) is 27.5 Å². The number of hydrogen-bond donors (Lipinski definition) is 2. The minimum absolute atomic E-state index is 0.231. The van der Waals surface area contributed by atoms with Crippen molar-refractivity contribution in [2.24, 2.45) is 0 Å². The van der Waals surface area contributed by atoms with Crippen LogP contribution in [0.15, 0.2) is 51.4 Å². The van der Waals surface area contributed by atoms with Crippen LogP contribution in [0.25, 0.3) is 0 Å². The summed E-state index contributed by atoms with van der Waals surface area (Å²) in [5, 5.41) is 0. The third kappa shape index (κ3) is 8.75. The Bertz CT molecular complexity index is 828. The molecule has 0 atom stereocenters. The van der Waals surface area contributed by atoms with Crippen molar-refractivity contribution >= 4 is 43.7 Å². The van der Waals surface area contributed by atoms with Gasteiger partial charge in [-0.15, -0.1) is 0 Å². The molecule has 0 aliphatic heterocycles. The number of benzene rings is 2. The lowest BCUT2D eigenvalue weighted by Gasteiger charge is -2.10. The molecule has 0 unspecified atom stereocenters. The van der Waals surface area contributed by atoms with Crippen molar-refractivity contribution in [2.75, 3.05) is 13.2 Å². The zero-order valence-corrected chi connectivity index (χ0v) is 20.1. The molecule has 2 amide bonds. The number of halogens is 2. The first kappa shape index (κ1) is 24.2. The van der Waals surface area contributed by atoms with Gasteiger partial charge in [0.25, 0.3) is 11.8 Å². The van der Waals surface area contributed by atoms with E-state index >= 15 is 0 Å². The molecule has 0 fully saturated rings. The van der Waals surface area contributed by atoms with Crippen molar-refractivity contribution in [1.29, 1.82) is 0 Å². The summed E-state index contributed by atoms with van der Waals surface area (Å²) in [6.07, 6.45) is 5.90. The molecule has 0 radical (unpaired) electrons. The van der Waals surface area contributed by atoms with Crippen LogP contribution >= 0.6 is 31.9 Å². The van der Waals surface area contributed by atoms with E-state index in [1.807, 2.05) is 6.07 Å². The Morgan fingerprint density at radius 3 is 2.33 bits per heavy atom. The quantitative estimate of drug-likeness (QED) is 0.295. The zero-order chi connectivity index (χ0) is 21.8. The Morgan fingerprint density at radius 2 is 1.63 bits per heavy atom. The largest absolute Gasteiger partial charge is 0.494 e. The van der Waals surface area contributed by atoms with Gasteiger partial charge < -0.3 is 9.47 Å². The maximum absolute atomic E-state index is 12.2. The standard InChI is InChI=1S/C22H26Br2N2O4/c1-2-3-4-5-6-13-29-18-10-7-16(8-11-18)22(28)26-25-21(27)15-30-20-12-9-17(23)14-19(20)24/h7-12,14H,2-6,13,15H2,1H3,(H,25,27)(H,26,28). The van der Waals surface area contributed by atoms with Crippen molar-refractivity contribution < 1.29 is 19.1 Å². The number of unbranched alkanes of at least 4 members (excludes halogenated alkanes) is 4. The van der Waals surface area contributed by atoms with E-state index in [0.29, 0.717) is 17.9 Å². The molecule has 2 aromatic carbocycles. The van der Waals surface area contributed by atoms with Crippen LogP contribution in [0.4, 0.5) is 0 Å². The first-order valence-corrected chi connectivity index (χ1v) is 11.5. The summed E-state index contributed by atoms with van der Waals surface area (Å²) < 4.78 is 12.7. The maximum atomic E-state index is 12.2. The van der Waals surface area contributed by atoms with E-state index in [-0.39, 0.29) is 6.61 Å². The highest BCUT2D eigenvalue weighted by Crippen LogP contribution is 2.28. The van der Waals surface area contributed by atoms with Crippen LogP contribution < -0.4 is 20.3 Å². The monoisotopic (exact) mass is 540 g/mol. The number of amides is 2. The third-order valence-electron chi connectivity index (χ3n) is 4.20. The lowest BCUT2D eigenvalue weighted by Crippen LogP contribution is -2.43. The fraction of sp³-hybridized carbons (Fsp3) is 0.364. The van der Waals surface area contributed by atoms with Crippen molar-refractivity contribution in [3.8, 4) is 11.5 Å². The summed E-state index contributed by atoms with van der Waals surface area (Å²) in [7, 11) is 0. The van der Waals surface area contributed by atoms with Crippen LogP contribution in [0.2, 0.25) is 0 Å². The molecule has 0 aliphatic rings. The van der Waals surface area contributed by atoms with Crippen LogP contribution in [0, 0.1) is 0 Å². The summed E-state index contributed by atoms with van der Waals surface area (Å²) in [6, 6.07) is 12.2. The summed E-state index contributed by atoms with van der Waals surface area (Å²) in [4.78, 5) is 24.1. The van der Waals surface area contributed by atoms with Crippen LogP contribution in [0.3, 0.4) is 0 Å². The van der Waals surface area contributed by atoms with Gasteiger partial charge in [-0.3, -0.25) is 20.4 Å². The Labute approximate surface area is 193 Å². The summed E-state index contributed by atoms with van der Waals surface area (Å²) in [6.45, 7) is 2.63. The van der Waals surface area contributed by atoms with E-state index in [4.69, 9.17) is 9.47 Å². The summed E-state index contributed by atoms with van der Waals surface area (Å²) in [5.74, 6) is 0.362. The second-order valence-electron chi connectivity index (χ2n) is 6.65. The molecule has 0 saturated heterocycles. The van der Waals surface area contributed by atoms with Crippen molar-refractivity contribution in [2.45, 2.75) is 39.0 Å². The SMILES string of the molecule is CCCCCCCOc1ccc(C(=O)NNC(=O)COc2ccc(Br)cc2Br)cc1. The number of ether oxygens (including phenoxy) is 2. The van der Waals surface area contributed by atoms with Gasteiger partial charge in [-0.05, 0) is 64.8 Å². The van der Waals surface area contributed by atoms with Crippen LogP contribution in [0.1, 0.15) is 49.4 Å². The van der Waals surface area contributed by atoms with Gasteiger partial charge in [-0.2, -0.15) is 0 Å². The van der Waals surface area contributed by atoms with Crippen molar-refractivity contribution in [1.82, 2.24) is 10.9 Å². The highest BCUT2D eigenvalue weighted by molar-refractivity contribution is 9.11. The molecule has 0 heterocycles.